The smallest absolute Gasteiger partial charge is 0.315 e. The Balaban J connectivity index is 1.47. The number of anilines is 3. The summed E-state index contributed by atoms with van der Waals surface area (Å²) >= 11 is 37.2. The molecule has 1 aliphatic rings. The molecule has 0 radical (unpaired) electrons. The molecule has 0 spiro atoms. The third kappa shape index (κ3) is 6.50. The first-order valence-electron chi connectivity index (χ1n) is 11.1. The van der Waals surface area contributed by atoms with Gasteiger partial charge in [-0.3, -0.25) is 9.59 Å². The van der Waals surface area contributed by atoms with Crippen LogP contribution in [0.2, 0.25) is 20.1 Å². The predicted molar refractivity (Wildman–Crippen MR) is 151 cm³/mol. The second kappa shape index (κ2) is 12.0. The molecule has 1 aliphatic carbocycles. The summed E-state index contributed by atoms with van der Waals surface area (Å²) in [4.78, 5) is 24.3. The lowest BCUT2D eigenvalue weighted by Gasteiger charge is -2.14. The Morgan fingerprint density at radius 3 is 2.10 bits per heavy atom. The third-order valence-corrected chi connectivity index (χ3v) is 8.50. The molecule has 5 nitrogen and oxygen atoms in total. The summed E-state index contributed by atoms with van der Waals surface area (Å²) < 4.78 is 51.8. The zero-order valence-electron chi connectivity index (χ0n) is 19.6. The van der Waals surface area contributed by atoms with Crippen molar-refractivity contribution in [3.8, 4) is 0 Å². The summed E-state index contributed by atoms with van der Waals surface area (Å²) in [6.07, 6.45) is -3.40. The van der Waals surface area contributed by atoms with E-state index in [9.17, 15) is 27.2 Å². The molecule has 3 N–H and O–H groups in total. The summed E-state index contributed by atoms with van der Waals surface area (Å²) in [6, 6.07) is 8.79. The van der Waals surface area contributed by atoms with Crippen LogP contribution >= 0.6 is 69.6 Å². The highest BCUT2D eigenvalue weighted by atomic mass is 35.5. The van der Waals surface area contributed by atoms with Crippen LogP contribution in [0.25, 0.3) is 0 Å². The van der Waals surface area contributed by atoms with Gasteiger partial charge in [-0.15, -0.1) is 23.2 Å². The van der Waals surface area contributed by atoms with Crippen LogP contribution in [0.4, 0.5) is 34.6 Å². The van der Waals surface area contributed by atoms with Crippen molar-refractivity contribution in [1.29, 1.82) is 0 Å². The Hall–Kier alpha value is -2.14. The number of rotatable bonds is 8. The lowest BCUT2D eigenvalue weighted by molar-refractivity contribution is -0.126. The van der Waals surface area contributed by atoms with Gasteiger partial charge in [0.05, 0.1) is 32.4 Å². The summed E-state index contributed by atoms with van der Waals surface area (Å²) in [7, 11) is 0. The first-order valence-corrected chi connectivity index (χ1v) is 13.4. The highest BCUT2D eigenvalue weighted by Gasteiger charge is 2.67. The van der Waals surface area contributed by atoms with Gasteiger partial charge < -0.3 is 16.0 Å². The molecule has 1 saturated carbocycles. The maximum atomic E-state index is 14.3. The van der Waals surface area contributed by atoms with E-state index in [1.165, 1.54) is 30.3 Å². The first kappa shape index (κ1) is 30.8. The average molecular weight is 678 g/mol. The van der Waals surface area contributed by atoms with Crippen molar-refractivity contribution in [2.24, 2.45) is 5.92 Å². The molecule has 0 bridgehead atoms. The van der Waals surface area contributed by atoms with E-state index in [1.807, 2.05) is 0 Å². The van der Waals surface area contributed by atoms with E-state index in [2.05, 4.69) is 10.6 Å². The summed E-state index contributed by atoms with van der Waals surface area (Å²) in [5.74, 6) is -6.04. The quantitative estimate of drug-likeness (QED) is 0.127. The Kier molecular flexibility index (Phi) is 9.24. The van der Waals surface area contributed by atoms with Crippen LogP contribution < -0.4 is 16.0 Å². The molecule has 212 valence electrons. The van der Waals surface area contributed by atoms with Crippen molar-refractivity contribution in [2.45, 2.75) is 23.2 Å². The molecule has 40 heavy (non-hydrogen) atoms. The standard InChI is InChI=1S/C25H15Cl6F4N3O2/c26-12-2-1-11(37-23(39)20-19(25(20,30)31)9-4-13(27)21(29)14(28)5-9)3-10(12)8-36-17-7-18(16(33)6-15(17)32)38-24(40)22(34)35/h1-7,19-20,22,36H,8H2,(H,37,39)(H,38,40)/t19-,20+/m0/s1. The molecule has 15 heteroatoms. The summed E-state index contributed by atoms with van der Waals surface area (Å²) in [6.45, 7) is -0.129. The third-order valence-electron chi connectivity index (χ3n) is 6.00. The van der Waals surface area contributed by atoms with Gasteiger partial charge in [0.15, 0.2) is 0 Å². The fourth-order valence-corrected chi connectivity index (χ4v) is 5.61. The number of hydrogen-bond donors (Lipinski definition) is 3. The van der Waals surface area contributed by atoms with Crippen LogP contribution in [-0.4, -0.2) is 22.6 Å². The number of nitrogens with one attached hydrogen (secondary N) is 3. The second-order valence-corrected chi connectivity index (χ2v) is 11.7. The average Bonchev–Trinajstić information content (AvgIpc) is 3.46. The van der Waals surface area contributed by atoms with Crippen molar-refractivity contribution in [3.63, 3.8) is 0 Å². The fourth-order valence-electron chi connectivity index (χ4n) is 3.99. The zero-order valence-corrected chi connectivity index (χ0v) is 24.1. The molecule has 3 aromatic rings. The number of benzene rings is 3. The highest BCUT2D eigenvalue weighted by molar-refractivity contribution is 6.54. The lowest BCUT2D eigenvalue weighted by Crippen LogP contribution is -2.21. The molecular formula is C25H15Cl6F4N3O2. The second-order valence-electron chi connectivity index (χ2n) is 8.68. The number of amides is 2. The normalized spacial score (nSPS) is 17.5. The molecule has 2 amide bonds. The molecule has 1 fully saturated rings. The van der Waals surface area contributed by atoms with Gasteiger partial charge in [0.2, 0.25) is 5.91 Å². The van der Waals surface area contributed by atoms with Gasteiger partial charge >= 0.3 is 6.43 Å². The molecule has 4 rings (SSSR count). The number of hydrogen-bond acceptors (Lipinski definition) is 3. The van der Waals surface area contributed by atoms with Crippen LogP contribution in [0, 0.1) is 17.6 Å². The van der Waals surface area contributed by atoms with E-state index < -0.39 is 51.7 Å². The summed E-state index contributed by atoms with van der Waals surface area (Å²) in [5, 5.41) is 7.77. The van der Waals surface area contributed by atoms with Gasteiger partial charge in [-0.25, -0.2) is 8.78 Å². The number of halogens is 10. The van der Waals surface area contributed by atoms with Crippen LogP contribution in [0.15, 0.2) is 42.5 Å². The number of carbonyl (C=O) groups excluding carboxylic acids is 2. The topological polar surface area (TPSA) is 70.2 Å². The minimum absolute atomic E-state index is 0.129. The van der Waals surface area contributed by atoms with Gasteiger partial charge in [-0.1, -0.05) is 46.4 Å². The molecule has 3 aromatic carbocycles. The van der Waals surface area contributed by atoms with Gasteiger partial charge in [-0.05, 0) is 47.5 Å². The molecule has 0 aromatic heterocycles. The van der Waals surface area contributed by atoms with Crippen molar-refractivity contribution < 1.29 is 27.2 Å². The monoisotopic (exact) mass is 675 g/mol. The van der Waals surface area contributed by atoms with Crippen molar-refractivity contribution in [2.75, 3.05) is 16.0 Å². The van der Waals surface area contributed by atoms with Crippen molar-refractivity contribution in [1.82, 2.24) is 0 Å². The number of carbonyl (C=O) groups is 2. The van der Waals surface area contributed by atoms with E-state index in [0.29, 0.717) is 22.9 Å². The molecular weight excluding hydrogens is 663 g/mol. The van der Waals surface area contributed by atoms with Gasteiger partial charge in [0.25, 0.3) is 5.91 Å². The Morgan fingerprint density at radius 1 is 0.850 bits per heavy atom. The Bertz CT molecular complexity index is 1480. The zero-order chi connectivity index (χ0) is 29.5. The van der Waals surface area contributed by atoms with E-state index >= 15 is 0 Å². The maximum Gasteiger partial charge on any atom is 0.315 e. The van der Waals surface area contributed by atoms with Crippen LogP contribution in [0.3, 0.4) is 0 Å². The largest absolute Gasteiger partial charge is 0.378 e. The van der Waals surface area contributed by atoms with E-state index in [4.69, 9.17) is 69.6 Å². The molecule has 2 atom stereocenters. The van der Waals surface area contributed by atoms with Crippen molar-refractivity contribution >= 4 is 98.5 Å². The maximum absolute atomic E-state index is 14.3. The minimum Gasteiger partial charge on any atom is -0.378 e. The molecule has 0 heterocycles. The Morgan fingerprint density at radius 2 is 1.48 bits per heavy atom. The van der Waals surface area contributed by atoms with E-state index in [-0.39, 0.29) is 32.3 Å². The van der Waals surface area contributed by atoms with Gasteiger partial charge in [-0.2, -0.15) is 8.78 Å². The summed E-state index contributed by atoms with van der Waals surface area (Å²) in [5.41, 5.74) is 0.266. The Labute approximate surface area is 255 Å². The highest BCUT2D eigenvalue weighted by Crippen LogP contribution is 2.65. The molecule has 0 aliphatic heterocycles. The molecule has 0 unspecified atom stereocenters. The van der Waals surface area contributed by atoms with Crippen LogP contribution in [0.1, 0.15) is 17.0 Å². The predicted octanol–water partition coefficient (Wildman–Crippen LogP) is 8.92. The molecule has 0 saturated heterocycles. The van der Waals surface area contributed by atoms with Gasteiger partial charge in [0.1, 0.15) is 16.0 Å². The SMILES string of the molecule is O=C(Nc1cc(NCc2cc(NC(=O)[C@H]3[C@H](c4cc(Cl)c(Cl)c(Cl)c4)C3(Cl)Cl)ccc2Cl)c(F)cc1F)C(F)F. The fraction of sp³-hybridized carbons (Fsp3) is 0.200. The minimum atomic E-state index is -3.40. The van der Waals surface area contributed by atoms with Crippen LogP contribution in [-0.2, 0) is 16.1 Å². The van der Waals surface area contributed by atoms with E-state index in [1.54, 1.807) is 5.32 Å². The van der Waals surface area contributed by atoms with Crippen LogP contribution in [0.5, 0.6) is 0 Å². The van der Waals surface area contributed by atoms with Gasteiger partial charge in [0, 0.05) is 29.2 Å². The number of alkyl halides is 4. The van der Waals surface area contributed by atoms with E-state index in [0.717, 1.165) is 6.07 Å². The lowest BCUT2D eigenvalue weighted by atomic mass is 10.1. The first-order chi connectivity index (χ1) is 18.7. The van der Waals surface area contributed by atoms with Crippen molar-refractivity contribution in [3.05, 3.63) is 85.3 Å².